The van der Waals surface area contributed by atoms with Gasteiger partial charge >= 0.3 is 0 Å². The molecule has 0 unspecified atom stereocenters. The van der Waals surface area contributed by atoms with Crippen LogP contribution in [0.4, 0.5) is 0 Å². The lowest BCUT2D eigenvalue weighted by molar-refractivity contribution is -0.123. The molecule has 4 nitrogen and oxygen atoms in total. The second-order valence-corrected chi connectivity index (χ2v) is 6.15. The number of unbranched alkanes of at least 4 members (excludes halogenated alkanes) is 3. The van der Waals surface area contributed by atoms with Crippen molar-refractivity contribution < 1.29 is 14.3 Å². The molecule has 1 aromatic rings. The molecular weight excluding hydrogens is 302 g/mol. The van der Waals surface area contributed by atoms with Gasteiger partial charge in [-0.25, -0.2) is 0 Å². The molecule has 0 aliphatic carbocycles. The molecule has 0 saturated carbocycles. The van der Waals surface area contributed by atoms with E-state index >= 15 is 0 Å². The number of nitrogens with one attached hydrogen (secondary N) is 1. The Morgan fingerprint density at radius 1 is 1.08 bits per heavy atom. The van der Waals surface area contributed by atoms with Crippen LogP contribution in [0.25, 0.3) is 0 Å². The molecule has 1 aromatic carbocycles. The van der Waals surface area contributed by atoms with Crippen molar-refractivity contribution in [3.63, 3.8) is 0 Å². The first kappa shape index (κ1) is 18.4. The number of benzene rings is 1. The first-order valence-corrected chi connectivity index (χ1v) is 8.87. The molecule has 0 aromatic heterocycles. The van der Waals surface area contributed by atoms with Crippen LogP contribution in [0.5, 0.6) is 0 Å². The molecule has 2 rings (SSSR count). The zero-order valence-electron chi connectivity index (χ0n) is 14.4. The van der Waals surface area contributed by atoms with Gasteiger partial charge in [-0.15, -0.1) is 0 Å². The molecule has 1 saturated heterocycles. The Morgan fingerprint density at radius 3 is 2.58 bits per heavy atom. The summed E-state index contributed by atoms with van der Waals surface area (Å²) in [6.45, 7) is 2.64. The van der Waals surface area contributed by atoms with E-state index in [0.29, 0.717) is 13.0 Å². The minimum Gasteiger partial charge on any atom is -0.351 e. The molecule has 1 aliphatic heterocycles. The van der Waals surface area contributed by atoms with Gasteiger partial charge in [-0.05, 0) is 24.8 Å². The first-order valence-electron chi connectivity index (χ1n) is 8.87. The Morgan fingerprint density at radius 2 is 1.83 bits per heavy atom. The Kier molecular flexibility index (Phi) is 7.69. The molecule has 130 valence electrons. The number of ether oxygens (including phenoxy) is 1. The Labute approximate surface area is 144 Å². The minimum absolute atomic E-state index is 0.0214. The third kappa shape index (κ3) is 6.28. The maximum absolute atomic E-state index is 12.0. The molecule has 1 heterocycles. The summed E-state index contributed by atoms with van der Waals surface area (Å²) in [6, 6.07) is 9.68. The van der Waals surface area contributed by atoms with E-state index < -0.39 is 12.2 Å². The topological polar surface area (TPSA) is 58.7 Å². The van der Waals surface area contributed by atoms with Gasteiger partial charge in [-0.1, -0.05) is 62.2 Å². The molecule has 24 heavy (non-hydrogen) atoms. The molecule has 0 bridgehead atoms. The number of Topliss-reactive ketones (excluding diaryl/α,β-unsaturated/α-hetero) is 1. The van der Waals surface area contributed by atoms with Crippen molar-refractivity contribution in [2.75, 3.05) is 0 Å². The van der Waals surface area contributed by atoms with Gasteiger partial charge in [0.15, 0.2) is 18.0 Å². The van der Waals surface area contributed by atoms with E-state index in [-0.39, 0.29) is 11.7 Å². The standard InChI is InChI=1S/C20H27NO3/c1-2-3-4-5-6-7-11-14-17(22)18-19(24-18)20(23)21-15-16-12-9-8-10-13-16/h6-10,12-13,18-19H,2-5,11,14-15H2,1H3,(H,21,23)/b7-6+/t18-,19-/m1/s1. The highest BCUT2D eigenvalue weighted by atomic mass is 16.6. The monoisotopic (exact) mass is 329 g/mol. The van der Waals surface area contributed by atoms with Crippen LogP contribution in [0.15, 0.2) is 42.5 Å². The minimum atomic E-state index is -0.602. The number of ketones is 1. The number of carbonyl (C=O) groups excluding carboxylic acids is 2. The number of rotatable bonds is 11. The summed E-state index contributed by atoms with van der Waals surface area (Å²) in [6.07, 6.45) is 8.96. The zero-order chi connectivity index (χ0) is 17.2. The van der Waals surface area contributed by atoms with E-state index in [0.717, 1.165) is 18.4 Å². The fraction of sp³-hybridized carbons (Fsp3) is 0.500. The van der Waals surface area contributed by atoms with E-state index in [4.69, 9.17) is 4.74 Å². The summed E-state index contributed by atoms with van der Waals surface area (Å²) in [4.78, 5) is 24.0. The van der Waals surface area contributed by atoms with Crippen LogP contribution in [0.3, 0.4) is 0 Å². The number of carbonyl (C=O) groups is 2. The second kappa shape index (κ2) is 10.0. The predicted molar refractivity (Wildman–Crippen MR) is 94.5 cm³/mol. The van der Waals surface area contributed by atoms with Crippen LogP contribution in [-0.4, -0.2) is 23.9 Å². The third-order valence-electron chi connectivity index (χ3n) is 4.08. The van der Waals surface area contributed by atoms with Gasteiger partial charge in [-0.3, -0.25) is 9.59 Å². The SMILES string of the molecule is CCCCC/C=C/CCC(=O)[C@H]1O[C@H]1C(=O)NCc1ccccc1. The predicted octanol–water partition coefficient (Wildman–Crippen LogP) is 3.56. The highest BCUT2D eigenvalue weighted by molar-refractivity contribution is 5.96. The van der Waals surface area contributed by atoms with E-state index in [9.17, 15) is 9.59 Å². The van der Waals surface area contributed by atoms with Gasteiger partial charge in [0.1, 0.15) is 0 Å². The summed E-state index contributed by atoms with van der Waals surface area (Å²) in [5.74, 6) is -0.180. The molecule has 0 spiro atoms. The largest absolute Gasteiger partial charge is 0.351 e. The first-order chi connectivity index (χ1) is 11.7. The van der Waals surface area contributed by atoms with Gasteiger partial charge in [-0.2, -0.15) is 0 Å². The van der Waals surface area contributed by atoms with E-state index in [2.05, 4.69) is 24.4 Å². The van der Waals surface area contributed by atoms with Crippen molar-refractivity contribution in [3.05, 3.63) is 48.0 Å². The highest BCUT2D eigenvalue weighted by Crippen LogP contribution is 2.25. The zero-order valence-corrected chi connectivity index (χ0v) is 14.4. The number of hydrogen-bond donors (Lipinski definition) is 1. The van der Waals surface area contributed by atoms with Crippen molar-refractivity contribution in [1.82, 2.24) is 5.32 Å². The van der Waals surface area contributed by atoms with Crippen LogP contribution in [-0.2, 0) is 20.9 Å². The third-order valence-corrected chi connectivity index (χ3v) is 4.08. The van der Waals surface area contributed by atoms with Crippen LogP contribution in [0, 0.1) is 0 Å². The van der Waals surface area contributed by atoms with E-state index in [1.165, 1.54) is 19.3 Å². The number of amides is 1. The Bertz CT molecular complexity index is 553. The Balaban J connectivity index is 1.59. The lowest BCUT2D eigenvalue weighted by Gasteiger charge is -2.02. The fourth-order valence-electron chi connectivity index (χ4n) is 2.56. The summed E-state index contributed by atoms with van der Waals surface area (Å²) >= 11 is 0. The van der Waals surface area contributed by atoms with Crippen molar-refractivity contribution in [1.29, 1.82) is 0 Å². The molecule has 2 atom stereocenters. The smallest absolute Gasteiger partial charge is 0.252 e. The van der Waals surface area contributed by atoms with E-state index in [1.54, 1.807) is 0 Å². The van der Waals surface area contributed by atoms with Crippen LogP contribution >= 0.6 is 0 Å². The number of hydrogen-bond acceptors (Lipinski definition) is 3. The summed E-state index contributed by atoms with van der Waals surface area (Å²) in [5, 5.41) is 2.81. The molecule has 1 N–H and O–H groups in total. The van der Waals surface area contributed by atoms with Gasteiger partial charge in [0.2, 0.25) is 0 Å². The number of allylic oxidation sites excluding steroid dienone is 2. The Hall–Kier alpha value is -1.94. The van der Waals surface area contributed by atoms with E-state index in [1.807, 2.05) is 30.3 Å². The lowest BCUT2D eigenvalue weighted by atomic mass is 10.1. The molecular formula is C20H27NO3. The van der Waals surface area contributed by atoms with Crippen molar-refractivity contribution in [2.45, 2.75) is 64.2 Å². The molecule has 1 amide bonds. The molecule has 1 aliphatic rings. The van der Waals surface area contributed by atoms with Crippen molar-refractivity contribution >= 4 is 11.7 Å². The highest BCUT2D eigenvalue weighted by Gasteiger charge is 2.49. The fourth-order valence-corrected chi connectivity index (χ4v) is 2.56. The summed E-state index contributed by atoms with van der Waals surface area (Å²) < 4.78 is 5.25. The molecule has 1 fully saturated rings. The molecule has 0 radical (unpaired) electrons. The lowest BCUT2D eigenvalue weighted by Crippen LogP contribution is -2.29. The van der Waals surface area contributed by atoms with Crippen LogP contribution < -0.4 is 5.32 Å². The number of epoxide rings is 1. The van der Waals surface area contributed by atoms with Crippen molar-refractivity contribution in [3.8, 4) is 0 Å². The van der Waals surface area contributed by atoms with Crippen LogP contribution in [0.1, 0.15) is 51.0 Å². The van der Waals surface area contributed by atoms with Gasteiger partial charge in [0, 0.05) is 13.0 Å². The second-order valence-electron chi connectivity index (χ2n) is 6.15. The quantitative estimate of drug-likeness (QED) is 0.384. The van der Waals surface area contributed by atoms with Gasteiger partial charge in [0.05, 0.1) is 0 Å². The maximum atomic E-state index is 12.0. The summed E-state index contributed by atoms with van der Waals surface area (Å²) in [7, 11) is 0. The van der Waals surface area contributed by atoms with Gasteiger partial charge in [0.25, 0.3) is 5.91 Å². The van der Waals surface area contributed by atoms with Gasteiger partial charge < -0.3 is 10.1 Å². The average Bonchev–Trinajstić information content (AvgIpc) is 3.40. The van der Waals surface area contributed by atoms with Crippen LogP contribution in [0.2, 0.25) is 0 Å². The average molecular weight is 329 g/mol. The maximum Gasteiger partial charge on any atom is 0.252 e. The summed E-state index contributed by atoms with van der Waals surface area (Å²) in [5.41, 5.74) is 1.03. The molecule has 4 heteroatoms. The van der Waals surface area contributed by atoms with Crippen molar-refractivity contribution in [2.24, 2.45) is 0 Å². The normalized spacial score (nSPS) is 19.4.